The molecule has 0 saturated heterocycles. The van der Waals surface area contributed by atoms with Crippen LogP contribution in [-0.4, -0.2) is 10.2 Å². The van der Waals surface area contributed by atoms with Crippen molar-refractivity contribution in [1.82, 2.24) is 0 Å². The summed E-state index contributed by atoms with van der Waals surface area (Å²) in [7, 11) is 0. The van der Waals surface area contributed by atoms with Gasteiger partial charge >= 0.3 is 0 Å². The van der Waals surface area contributed by atoms with E-state index in [1.165, 1.54) is 30.4 Å². The molecule has 2 N–H and O–H groups in total. The van der Waals surface area contributed by atoms with Crippen LogP contribution in [-0.2, 0) is 12.8 Å². The molecule has 0 bridgehead atoms. The summed E-state index contributed by atoms with van der Waals surface area (Å²) in [5.41, 5.74) is 4.50. The van der Waals surface area contributed by atoms with Crippen molar-refractivity contribution in [1.29, 1.82) is 0 Å². The second kappa shape index (κ2) is 7.16. The lowest BCUT2D eigenvalue weighted by Crippen LogP contribution is -1.90. The molecule has 0 unspecified atom stereocenters. The molecule has 0 amide bonds. The number of unbranched alkanes of at least 4 members (excludes halogenated alkanes) is 2. The lowest BCUT2D eigenvalue weighted by atomic mass is 10.0. The molecule has 0 heterocycles. The largest absolute Gasteiger partial charge is 0.508 e. The first-order valence-corrected chi connectivity index (χ1v) is 7.63. The molecule has 2 heteroatoms. The van der Waals surface area contributed by atoms with Crippen LogP contribution in [0.4, 0.5) is 0 Å². The van der Waals surface area contributed by atoms with Crippen LogP contribution >= 0.6 is 0 Å². The number of phenolic OH excluding ortho intramolecular Hbond substituents is 2. The highest BCUT2D eigenvalue weighted by Crippen LogP contribution is 2.20. The second-order valence-electron chi connectivity index (χ2n) is 5.80. The van der Waals surface area contributed by atoms with Gasteiger partial charge in [-0.25, -0.2) is 0 Å². The average Bonchev–Trinajstić information content (AvgIpc) is 2.46. The van der Waals surface area contributed by atoms with Gasteiger partial charge in [0, 0.05) is 0 Å². The van der Waals surface area contributed by atoms with E-state index in [1.807, 2.05) is 26.0 Å². The molecular weight excluding hydrogens is 260 g/mol. The summed E-state index contributed by atoms with van der Waals surface area (Å²) in [5.74, 6) is 0.753. The molecule has 0 atom stereocenters. The highest BCUT2D eigenvalue weighted by Gasteiger charge is 2.00. The van der Waals surface area contributed by atoms with Gasteiger partial charge in [0.15, 0.2) is 0 Å². The van der Waals surface area contributed by atoms with E-state index in [0.29, 0.717) is 11.5 Å². The van der Waals surface area contributed by atoms with Gasteiger partial charge in [0.1, 0.15) is 11.5 Å². The Labute approximate surface area is 127 Å². The summed E-state index contributed by atoms with van der Waals surface area (Å²) >= 11 is 0. The van der Waals surface area contributed by atoms with Crippen LogP contribution in [0.25, 0.3) is 0 Å². The van der Waals surface area contributed by atoms with Crippen LogP contribution in [0.1, 0.15) is 41.5 Å². The van der Waals surface area contributed by atoms with Crippen LogP contribution < -0.4 is 0 Å². The molecular formula is C19H24O2. The monoisotopic (exact) mass is 284 g/mol. The number of benzene rings is 2. The predicted octanol–water partition coefficient (Wildman–Crippen LogP) is 4.67. The molecule has 21 heavy (non-hydrogen) atoms. The molecule has 2 rings (SSSR count). The maximum absolute atomic E-state index is 9.50. The fourth-order valence-electron chi connectivity index (χ4n) is 2.58. The summed E-state index contributed by atoms with van der Waals surface area (Å²) < 4.78 is 0. The van der Waals surface area contributed by atoms with Crippen molar-refractivity contribution >= 4 is 0 Å². The minimum atomic E-state index is 0.376. The van der Waals surface area contributed by atoms with Crippen molar-refractivity contribution in [2.24, 2.45) is 0 Å². The van der Waals surface area contributed by atoms with Gasteiger partial charge in [-0.15, -0.1) is 0 Å². The number of hydrogen-bond donors (Lipinski definition) is 2. The molecule has 0 saturated carbocycles. The first kappa shape index (κ1) is 15.4. The van der Waals surface area contributed by atoms with E-state index < -0.39 is 0 Å². The van der Waals surface area contributed by atoms with Crippen LogP contribution in [0.15, 0.2) is 36.4 Å². The van der Waals surface area contributed by atoms with Crippen molar-refractivity contribution in [3.8, 4) is 11.5 Å². The topological polar surface area (TPSA) is 40.5 Å². The Kier molecular flexibility index (Phi) is 5.26. The van der Waals surface area contributed by atoms with E-state index in [1.54, 1.807) is 12.1 Å². The Hall–Kier alpha value is -1.96. The molecule has 0 aromatic heterocycles. The van der Waals surface area contributed by atoms with Crippen molar-refractivity contribution in [3.05, 3.63) is 58.7 Å². The summed E-state index contributed by atoms with van der Waals surface area (Å²) in [6.07, 6.45) is 5.66. The van der Waals surface area contributed by atoms with Gasteiger partial charge in [0.25, 0.3) is 0 Å². The standard InChI is InChI=1S/C19H24O2/c1-14-12-16(8-10-18(14)20)6-4-3-5-7-17-9-11-19(21)15(2)13-17/h8-13,20-21H,3-7H2,1-2H3. The second-order valence-corrected chi connectivity index (χ2v) is 5.80. The Morgan fingerprint density at radius 2 is 1.10 bits per heavy atom. The fourth-order valence-corrected chi connectivity index (χ4v) is 2.58. The normalized spacial score (nSPS) is 10.8. The Morgan fingerprint density at radius 1 is 0.667 bits per heavy atom. The van der Waals surface area contributed by atoms with Gasteiger partial charge in [0.05, 0.1) is 0 Å². The van der Waals surface area contributed by atoms with Crippen molar-refractivity contribution < 1.29 is 10.2 Å². The summed E-state index contributed by atoms with van der Waals surface area (Å²) in [5, 5.41) is 19.0. The molecule has 2 nitrogen and oxygen atoms in total. The van der Waals surface area contributed by atoms with E-state index in [0.717, 1.165) is 24.0 Å². The zero-order valence-electron chi connectivity index (χ0n) is 12.9. The maximum atomic E-state index is 9.50. The average molecular weight is 284 g/mol. The number of aromatic hydroxyl groups is 2. The van der Waals surface area contributed by atoms with Gasteiger partial charge in [-0.2, -0.15) is 0 Å². The molecule has 112 valence electrons. The van der Waals surface area contributed by atoms with Gasteiger partial charge in [-0.05, 0) is 73.9 Å². The van der Waals surface area contributed by atoms with E-state index >= 15 is 0 Å². The number of phenols is 2. The van der Waals surface area contributed by atoms with E-state index in [9.17, 15) is 10.2 Å². The predicted molar refractivity (Wildman–Crippen MR) is 86.9 cm³/mol. The van der Waals surface area contributed by atoms with Gasteiger partial charge in [-0.1, -0.05) is 30.7 Å². The van der Waals surface area contributed by atoms with Gasteiger partial charge in [0.2, 0.25) is 0 Å². The van der Waals surface area contributed by atoms with E-state index in [-0.39, 0.29) is 0 Å². The summed E-state index contributed by atoms with van der Waals surface area (Å²) in [6, 6.07) is 11.7. The minimum Gasteiger partial charge on any atom is -0.508 e. The Balaban J connectivity index is 1.72. The zero-order chi connectivity index (χ0) is 15.2. The van der Waals surface area contributed by atoms with Crippen molar-refractivity contribution in [3.63, 3.8) is 0 Å². The number of aryl methyl sites for hydroxylation is 4. The van der Waals surface area contributed by atoms with E-state index in [4.69, 9.17) is 0 Å². The zero-order valence-corrected chi connectivity index (χ0v) is 12.9. The third-order valence-corrected chi connectivity index (χ3v) is 3.95. The smallest absolute Gasteiger partial charge is 0.118 e. The SMILES string of the molecule is Cc1cc(CCCCCc2ccc(O)c(C)c2)ccc1O. The molecule has 2 aromatic carbocycles. The molecule has 0 aliphatic rings. The highest BCUT2D eigenvalue weighted by atomic mass is 16.3. The number of hydrogen-bond acceptors (Lipinski definition) is 2. The fraction of sp³-hybridized carbons (Fsp3) is 0.368. The highest BCUT2D eigenvalue weighted by molar-refractivity contribution is 5.35. The van der Waals surface area contributed by atoms with Crippen LogP contribution in [0, 0.1) is 13.8 Å². The number of rotatable bonds is 6. The maximum Gasteiger partial charge on any atom is 0.118 e. The van der Waals surface area contributed by atoms with Gasteiger partial charge < -0.3 is 10.2 Å². The summed E-state index contributed by atoms with van der Waals surface area (Å²) in [4.78, 5) is 0. The molecule has 0 spiro atoms. The van der Waals surface area contributed by atoms with Crippen LogP contribution in [0.3, 0.4) is 0 Å². The lowest BCUT2D eigenvalue weighted by molar-refractivity contribution is 0.470. The minimum absolute atomic E-state index is 0.376. The third kappa shape index (κ3) is 4.52. The Bertz CT molecular complexity index is 549. The molecule has 0 aliphatic heterocycles. The first-order valence-electron chi connectivity index (χ1n) is 7.63. The molecule has 0 radical (unpaired) electrons. The molecule has 0 fully saturated rings. The van der Waals surface area contributed by atoms with Crippen LogP contribution in [0.5, 0.6) is 11.5 Å². The van der Waals surface area contributed by atoms with Crippen LogP contribution in [0.2, 0.25) is 0 Å². The van der Waals surface area contributed by atoms with Crippen molar-refractivity contribution in [2.45, 2.75) is 46.0 Å². The van der Waals surface area contributed by atoms with Crippen molar-refractivity contribution in [2.75, 3.05) is 0 Å². The first-order chi connectivity index (χ1) is 10.1. The Morgan fingerprint density at radius 3 is 1.48 bits per heavy atom. The molecule has 0 aliphatic carbocycles. The van der Waals surface area contributed by atoms with E-state index in [2.05, 4.69) is 12.1 Å². The van der Waals surface area contributed by atoms with Gasteiger partial charge in [-0.3, -0.25) is 0 Å². The summed E-state index contributed by atoms with van der Waals surface area (Å²) in [6.45, 7) is 3.87. The lowest BCUT2D eigenvalue weighted by Gasteiger charge is -2.06. The quantitative estimate of drug-likeness (QED) is 0.757. The third-order valence-electron chi connectivity index (χ3n) is 3.95. The molecule has 2 aromatic rings.